The van der Waals surface area contributed by atoms with Crippen molar-refractivity contribution in [1.29, 1.82) is 0 Å². The highest BCUT2D eigenvalue weighted by molar-refractivity contribution is 5.51. The van der Waals surface area contributed by atoms with E-state index >= 15 is 0 Å². The number of carbonyl (C=O) groups excluding carboxylic acids is 1. The number of carbonyl (C=O) groups is 1. The summed E-state index contributed by atoms with van der Waals surface area (Å²) in [7, 11) is 0. The molecule has 0 atom stereocenters. The van der Waals surface area contributed by atoms with Crippen molar-refractivity contribution in [2.75, 3.05) is 19.8 Å². The van der Waals surface area contributed by atoms with Crippen LogP contribution >= 0.6 is 0 Å². The van der Waals surface area contributed by atoms with Gasteiger partial charge in [0.1, 0.15) is 6.29 Å². The van der Waals surface area contributed by atoms with E-state index in [-0.39, 0.29) is 0 Å². The summed E-state index contributed by atoms with van der Waals surface area (Å²) in [5, 5.41) is 2.98. The highest BCUT2D eigenvalue weighted by Crippen LogP contribution is 1.97. The molecule has 0 unspecified atom stereocenters. The fourth-order valence-corrected chi connectivity index (χ4v) is 0.568. The summed E-state index contributed by atoms with van der Waals surface area (Å²) in [6.45, 7) is 1.97. The Hall–Kier alpha value is -0.410. The Bertz CT molecular complexity index is 80.5. The molecule has 1 heterocycles. The average molecular weight is 115 g/mol. The molecule has 1 rings (SSSR count). The number of ether oxygens (including phenoxy) is 1. The largest absolute Gasteiger partial charge is 0.378 e. The summed E-state index contributed by atoms with van der Waals surface area (Å²) in [5.41, 5.74) is 0. The first-order valence-corrected chi connectivity index (χ1v) is 2.68. The maximum atomic E-state index is 9.75. The van der Waals surface area contributed by atoms with Gasteiger partial charge in [0.25, 0.3) is 0 Å². The van der Waals surface area contributed by atoms with Crippen molar-refractivity contribution in [3.05, 3.63) is 0 Å². The molecule has 0 bridgehead atoms. The molecule has 1 N–H and O–H groups in total. The van der Waals surface area contributed by atoms with Crippen LogP contribution in [-0.2, 0) is 9.53 Å². The number of rotatable bonds is 3. The first kappa shape index (κ1) is 5.72. The zero-order valence-electron chi connectivity index (χ0n) is 4.59. The van der Waals surface area contributed by atoms with Crippen LogP contribution in [0.1, 0.15) is 0 Å². The van der Waals surface area contributed by atoms with Crippen molar-refractivity contribution in [1.82, 2.24) is 5.32 Å². The van der Waals surface area contributed by atoms with Gasteiger partial charge < -0.3 is 14.8 Å². The van der Waals surface area contributed by atoms with Crippen LogP contribution in [0.2, 0.25) is 0 Å². The second-order valence-electron chi connectivity index (χ2n) is 1.81. The Morgan fingerprint density at radius 3 is 2.88 bits per heavy atom. The number of hydrogen-bond donors (Lipinski definition) is 1. The van der Waals surface area contributed by atoms with Gasteiger partial charge in [-0.2, -0.15) is 0 Å². The average Bonchev–Trinajstić information content (AvgIpc) is 1.63. The molecule has 3 heteroatoms. The molecule has 46 valence electrons. The predicted octanol–water partition coefficient (Wildman–Crippen LogP) is -0.826. The van der Waals surface area contributed by atoms with Crippen LogP contribution in [0.4, 0.5) is 0 Å². The van der Waals surface area contributed by atoms with Crippen LogP contribution in [0.15, 0.2) is 0 Å². The molecule has 0 saturated carbocycles. The van der Waals surface area contributed by atoms with Crippen molar-refractivity contribution in [2.45, 2.75) is 6.04 Å². The van der Waals surface area contributed by atoms with Crippen LogP contribution in [0.5, 0.6) is 0 Å². The van der Waals surface area contributed by atoms with E-state index in [0.717, 1.165) is 19.5 Å². The lowest BCUT2D eigenvalue weighted by Gasteiger charge is -2.25. The molecule has 0 aromatic rings. The van der Waals surface area contributed by atoms with E-state index in [1.807, 2.05) is 0 Å². The topological polar surface area (TPSA) is 38.3 Å². The highest BCUT2D eigenvalue weighted by Gasteiger charge is 2.15. The maximum Gasteiger partial charge on any atom is 0.133 e. The van der Waals surface area contributed by atoms with Gasteiger partial charge in [-0.3, -0.25) is 0 Å². The zero-order valence-corrected chi connectivity index (χ0v) is 4.59. The van der Waals surface area contributed by atoms with Gasteiger partial charge in [0.15, 0.2) is 0 Å². The lowest BCUT2D eigenvalue weighted by atomic mass is 10.3. The molecule has 1 saturated heterocycles. The van der Waals surface area contributed by atoms with Crippen molar-refractivity contribution in [3.8, 4) is 0 Å². The van der Waals surface area contributed by atoms with Crippen molar-refractivity contribution in [2.24, 2.45) is 0 Å². The van der Waals surface area contributed by atoms with E-state index in [0.29, 0.717) is 12.6 Å². The van der Waals surface area contributed by atoms with Gasteiger partial charge in [-0.25, -0.2) is 0 Å². The minimum Gasteiger partial charge on any atom is -0.378 e. The van der Waals surface area contributed by atoms with Crippen LogP contribution in [-0.4, -0.2) is 32.1 Å². The fraction of sp³-hybridized carbons (Fsp3) is 0.800. The van der Waals surface area contributed by atoms with Gasteiger partial charge in [-0.15, -0.1) is 0 Å². The second kappa shape index (κ2) is 2.79. The Morgan fingerprint density at radius 1 is 1.75 bits per heavy atom. The third kappa shape index (κ3) is 1.28. The van der Waals surface area contributed by atoms with E-state index in [1.165, 1.54) is 0 Å². The van der Waals surface area contributed by atoms with Crippen molar-refractivity contribution in [3.63, 3.8) is 0 Å². The molecule has 0 aromatic carbocycles. The monoisotopic (exact) mass is 115 g/mol. The van der Waals surface area contributed by atoms with Crippen molar-refractivity contribution >= 4 is 6.29 Å². The van der Waals surface area contributed by atoms with Gasteiger partial charge in [0.05, 0.1) is 25.8 Å². The summed E-state index contributed by atoms with van der Waals surface area (Å²) < 4.78 is 4.85. The third-order valence-corrected chi connectivity index (χ3v) is 1.13. The first-order chi connectivity index (χ1) is 3.93. The van der Waals surface area contributed by atoms with Crippen molar-refractivity contribution < 1.29 is 9.53 Å². The Labute approximate surface area is 48.0 Å². The van der Waals surface area contributed by atoms with E-state index in [2.05, 4.69) is 5.32 Å². The Kier molecular flexibility index (Phi) is 2.00. The van der Waals surface area contributed by atoms with Crippen LogP contribution in [0.3, 0.4) is 0 Å². The molecular weight excluding hydrogens is 106 g/mol. The van der Waals surface area contributed by atoms with Crippen LogP contribution in [0, 0.1) is 0 Å². The second-order valence-corrected chi connectivity index (χ2v) is 1.81. The third-order valence-electron chi connectivity index (χ3n) is 1.13. The summed E-state index contributed by atoms with van der Waals surface area (Å²) in [5.74, 6) is 0. The number of nitrogens with one attached hydrogen (secondary N) is 1. The number of hydrogen-bond acceptors (Lipinski definition) is 3. The fourth-order valence-electron chi connectivity index (χ4n) is 0.568. The minimum absolute atomic E-state index is 0.431. The molecule has 0 radical (unpaired) electrons. The van der Waals surface area contributed by atoms with Crippen LogP contribution < -0.4 is 5.32 Å². The molecular formula is C5H9NO2. The van der Waals surface area contributed by atoms with Gasteiger partial charge in [-0.05, 0) is 0 Å². The predicted molar refractivity (Wildman–Crippen MR) is 28.7 cm³/mol. The zero-order chi connectivity index (χ0) is 5.82. The lowest BCUT2D eigenvalue weighted by Crippen LogP contribution is -2.46. The molecule has 1 aliphatic heterocycles. The van der Waals surface area contributed by atoms with Crippen LogP contribution in [0.25, 0.3) is 0 Å². The summed E-state index contributed by atoms with van der Waals surface area (Å²) >= 11 is 0. The number of aldehydes is 1. The quantitative estimate of drug-likeness (QED) is 0.488. The molecule has 1 aliphatic rings. The standard InChI is InChI=1S/C5H9NO2/c7-2-1-6-5-3-8-4-5/h2,5-6H,1,3-4H2. The van der Waals surface area contributed by atoms with Gasteiger partial charge in [-0.1, -0.05) is 0 Å². The van der Waals surface area contributed by atoms with Gasteiger partial charge >= 0.3 is 0 Å². The summed E-state index contributed by atoms with van der Waals surface area (Å²) in [6.07, 6.45) is 0.859. The molecule has 0 amide bonds. The maximum absolute atomic E-state index is 9.75. The summed E-state index contributed by atoms with van der Waals surface area (Å²) in [4.78, 5) is 9.75. The lowest BCUT2D eigenvalue weighted by molar-refractivity contribution is -0.107. The van der Waals surface area contributed by atoms with E-state index in [9.17, 15) is 4.79 Å². The van der Waals surface area contributed by atoms with E-state index in [4.69, 9.17) is 4.74 Å². The molecule has 3 nitrogen and oxygen atoms in total. The molecule has 1 fully saturated rings. The SMILES string of the molecule is O=CCNC1COC1. The smallest absolute Gasteiger partial charge is 0.133 e. The minimum atomic E-state index is 0.431. The molecule has 0 spiro atoms. The molecule has 0 aromatic heterocycles. The molecule has 0 aliphatic carbocycles. The Morgan fingerprint density at radius 2 is 2.50 bits per heavy atom. The highest BCUT2D eigenvalue weighted by atomic mass is 16.5. The van der Waals surface area contributed by atoms with Gasteiger partial charge in [0.2, 0.25) is 0 Å². The van der Waals surface area contributed by atoms with Gasteiger partial charge in [0, 0.05) is 0 Å². The molecule has 8 heavy (non-hydrogen) atoms. The van der Waals surface area contributed by atoms with E-state index < -0.39 is 0 Å². The normalized spacial score (nSPS) is 20.0. The summed E-state index contributed by atoms with van der Waals surface area (Å²) in [6, 6.07) is 0.431. The first-order valence-electron chi connectivity index (χ1n) is 2.68. The van der Waals surface area contributed by atoms with E-state index in [1.54, 1.807) is 0 Å². The Balaban J connectivity index is 1.93.